The predicted molar refractivity (Wildman–Crippen MR) is 189 cm³/mol. The van der Waals surface area contributed by atoms with Crippen molar-refractivity contribution in [1.29, 1.82) is 0 Å². The van der Waals surface area contributed by atoms with Crippen LogP contribution >= 0.6 is 0 Å². The highest BCUT2D eigenvalue weighted by atomic mass is 16.8. The maximum Gasteiger partial charge on any atom is 0.337 e. The van der Waals surface area contributed by atoms with E-state index in [1.165, 1.54) is 20.1 Å². The van der Waals surface area contributed by atoms with E-state index in [0.717, 1.165) is 16.7 Å². The molecule has 0 saturated carbocycles. The first-order chi connectivity index (χ1) is 26.4. The van der Waals surface area contributed by atoms with Crippen LogP contribution in [0.25, 0.3) is 10.4 Å². The molecule has 0 N–H and O–H groups in total. The van der Waals surface area contributed by atoms with Gasteiger partial charge in [-0.05, 0) is 16.7 Å². The first-order valence-corrected chi connectivity index (χ1v) is 17.5. The van der Waals surface area contributed by atoms with Crippen LogP contribution < -0.4 is 0 Å². The van der Waals surface area contributed by atoms with Crippen molar-refractivity contribution in [2.75, 3.05) is 20.3 Å². The van der Waals surface area contributed by atoms with Gasteiger partial charge in [-0.15, -0.1) is 6.58 Å². The van der Waals surface area contributed by atoms with E-state index in [2.05, 4.69) is 16.6 Å². The van der Waals surface area contributed by atoms with E-state index in [1.54, 1.807) is 0 Å². The summed E-state index contributed by atoms with van der Waals surface area (Å²) in [6.07, 6.45) is -9.76. The van der Waals surface area contributed by atoms with Crippen LogP contribution in [0.5, 0.6) is 0 Å². The van der Waals surface area contributed by atoms with Crippen LogP contribution in [0.1, 0.15) is 29.9 Å². The summed E-state index contributed by atoms with van der Waals surface area (Å²) in [5.74, 6) is -1.50. The number of rotatable bonds is 15. The molecule has 54 heavy (non-hydrogen) atoms. The van der Waals surface area contributed by atoms with E-state index in [0.29, 0.717) is 0 Å². The third kappa shape index (κ3) is 9.51. The number of methoxy groups -OCH3 is 1. The van der Waals surface area contributed by atoms with E-state index >= 15 is 0 Å². The molecule has 15 nitrogen and oxygen atoms in total. The average molecular weight is 746 g/mol. The fraction of sp³-hybridized carbons (Fsp3) is 0.436. The Kier molecular flexibility index (Phi) is 13.8. The second-order valence-electron chi connectivity index (χ2n) is 12.7. The molecule has 3 aromatic carbocycles. The van der Waals surface area contributed by atoms with E-state index in [1.807, 2.05) is 91.0 Å². The second-order valence-corrected chi connectivity index (χ2v) is 12.7. The summed E-state index contributed by atoms with van der Waals surface area (Å²) < 4.78 is 61.5. The van der Waals surface area contributed by atoms with Crippen molar-refractivity contribution < 1.29 is 57.0 Å². The Bertz CT molecular complexity index is 1710. The average Bonchev–Trinajstić information content (AvgIpc) is 3.20. The van der Waals surface area contributed by atoms with Gasteiger partial charge in [0.25, 0.3) is 0 Å². The predicted octanol–water partition coefficient (Wildman–Crippen LogP) is 5.09. The number of benzene rings is 3. The molecule has 0 aliphatic carbocycles. The van der Waals surface area contributed by atoms with Crippen molar-refractivity contribution in [2.45, 2.75) is 87.8 Å². The van der Waals surface area contributed by atoms with Gasteiger partial charge in [-0.3, -0.25) is 4.79 Å². The molecule has 3 fully saturated rings. The van der Waals surface area contributed by atoms with Gasteiger partial charge in [-0.1, -0.05) is 102 Å². The molecule has 6 rings (SSSR count). The van der Waals surface area contributed by atoms with E-state index in [9.17, 15) is 15.1 Å². The van der Waals surface area contributed by atoms with Gasteiger partial charge in [0.05, 0.1) is 33.5 Å². The lowest BCUT2D eigenvalue weighted by molar-refractivity contribution is -0.372. The summed E-state index contributed by atoms with van der Waals surface area (Å²) in [5.41, 5.74) is 12.3. The van der Waals surface area contributed by atoms with E-state index in [4.69, 9.17) is 47.4 Å². The molecule has 3 heterocycles. The molecule has 0 radical (unpaired) electrons. The molecule has 286 valence electrons. The molecule has 0 amide bonds. The zero-order valence-electron chi connectivity index (χ0n) is 29.9. The van der Waals surface area contributed by atoms with Gasteiger partial charge >= 0.3 is 11.9 Å². The first kappa shape index (κ1) is 39.0. The van der Waals surface area contributed by atoms with Crippen LogP contribution in [-0.4, -0.2) is 93.6 Å². The lowest BCUT2D eigenvalue weighted by atomic mass is 9.94. The number of carbonyl (C=O) groups is 2. The largest absolute Gasteiger partial charge is 0.467 e. The number of ether oxygens (including phenoxy) is 10. The molecule has 0 aromatic heterocycles. The van der Waals surface area contributed by atoms with Crippen molar-refractivity contribution in [3.8, 4) is 0 Å². The minimum atomic E-state index is -1.49. The number of fused-ring (bicyclic) bond motifs is 1. The minimum absolute atomic E-state index is 0.00851. The van der Waals surface area contributed by atoms with E-state index in [-0.39, 0.29) is 26.4 Å². The fourth-order valence-electron chi connectivity index (χ4n) is 6.58. The Morgan fingerprint density at radius 1 is 0.833 bits per heavy atom. The SMILES string of the molecule is C=CCO[C@@H]1O[C@@H](C(=O)OC)[C@@H](O[C@H]2O[C@@H]3COC(c4ccccc4)O[C@H]3[C@H](OCc3ccccc3)[C@H]2N=[N+]=[N-])[C@H](OCc2ccccc2)[C@H]1OC(C)=O. The van der Waals surface area contributed by atoms with E-state index < -0.39 is 79.6 Å². The number of nitrogens with zero attached hydrogens (tertiary/aromatic N) is 3. The van der Waals surface area contributed by atoms with Gasteiger partial charge in [0.1, 0.15) is 36.6 Å². The molecule has 11 atom stereocenters. The molecule has 15 heteroatoms. The summed E-state index contributed by atoms with van der Waals surface area (Å²) in [5, 5.41) is 4.11. The topological polar surface area (TPSA) is 175 Å². The third-order valence-corrected chi connectivity index (χ3v) is 9.03. The zero-order valence-corrected chi connectivity index (χ0v) is 29.9. The van der Waals surface area contributed by atoms with Crippen LogP contribution in [0.15, 0.2) is 109 Å². The first-order valence-electron chi connectivity index (χ1n) is 17.5. The number of hydrogen-bond donors (Lipinski definition) is 0. The summed E-state index contributed by atoms with van der Waals surface area (Å²) in [6.45, 7) is 5.12. The van der Waals surface area contributed by atoms with Crippen molar-refractivity contribution in [3.05, 3.63) is 131 Å². The standard InChI is InChI=1S/C39H43N3O12/c1-4-20-46-39-35(50-24(2)43)32(48-22-26-16-10-6-11-17-26)33(34(54-39)36(44)45-3)53-38-29(41-42-40)31(47-21-25-14-8-5-9-15-25)30-28(51-38)23-49-37(52-30)27-18-12-7-13-19-27/h4-19,28-35,37-39H,1,20-23H2,2-3H3/t28-,29-,30-,31-,32+,33+,34-,35-,37?,38-,39-/m1/s1. The molecule has 1 unspecified atom stereocenters. The summed E-state index contributed by atoms with van der Waals surface area (Å²) in [7, 11) is 1.19. The molecule has 0 spiro atoms. The highest BCUT2D eigenvalue weighted by Gasteiger charge is 2.57. The summed E-state index contributed by atoms with van der Waals surface area (Å²) in [4.78, 5) is 29.1. The van der Waals surface area contributed by atoms with Gasteiger partial charge in [-0.2, -0.15) is 0 Å². The maximum atomic E-state index is 13.5. The molecule has 3 aliphatic heterocycles. The summed E-state index contributed by atoms with van der Waals surface area (Å²) in [6, 6.07) is 26.9. The lowest BCUT2D eigenvalue weighted by Gasteiger charge is -2.50. The van der Waals surface area contributed by atoms with Crippen LogP contribution in [-0.2, 0) is 70.2 Å². The van der Waals surface area contributed by atoms with Gasteiger partial charge < -0.3 is 47.4 Å². The monoisotopic (exact) mass is 745 g/mol. The molecular formula is C39H43N3O12. The Labute approximate surface area is 312 Å². The Morgan fingerprint density at radius 3 is 2.06 bits per heavy atom. The molecule has 3 aromatic rings. The molecule has 3 aliphatic rings. The number of hydrogen-bond acceptors (Lipinski definition) is 13. The number of azide groups is 1. The molecule has 3 saturated heterocycles. The zero-order chi connectivity index (χ0) is 37.9. The Hall–Kier alpha value is -4.67. The van der Waals surface area contributed by atoms with Crippen LogP contribution in [0.2, 0.25) is 0 Å². The van der Waals surface area contributed by atoms with Crippen molar-refractivity contribution >= 4 is 11.9 Å². The molecule has 0 bridgehead atoms. The van der Waals surface area contributed by atoms with Crippen molar-refractivity contribution in [1.82, 2.24) is 0 Å². The second kappa shape index (κ2) is 19.1. The third-order valence-electron chi connectivity index (χ3n) is 9.03. The van der Waals surface area contributed by atoms with Crippen molar-refractivity contribution in [3.63, 3.8) is 0 Å². The normalized spacial score (nSPS) is 30.6. The summed E-state index contributed by atoms with van der Waals surface area (Å²) >= 11 is 0. The highest BCUT2D eigenvalue weighted by molar-refractivity contribution is 5.75. The molecular weight excluding hydrogens is 702 g/mol. The lowest BCUT2D eigenvalue weighted by Crippen LogP contribution is -2.67. The number of esters is 2. The van der Waals surface area contributed by atoms with Crippen LogP contribution in [0, 0.1) is 0 Å². The van der Waals surface area contributed by atoms with Crippen molar-refractivity contribution in [2.24, 2.45) is 5.11 Å². The fourth-order valence-corrected chi connectivity index (χ4v) is 6.58. The Morgan fingerprint density at radius 2 is 1.46 bits per heavy atom. The van der Waals surface area contributed by atoms with Crippen LogP contribution in [0.3, 0.4) is 0 Å². The highest BCUT2D eigenvalue weighted by Crippen LogP contribution is 2.39. The maximum absolute atomic E-state index is 13.5. The Balaban J connectivity index is 1.36. The van der Waals surface area contributed by atoms with Gasteiger partial charge in [0, 0.05) is 17.4 Å². The van der Waals surface area contributed by atoms with Gasteiger partial charge in [0.15, 0.2) is 31.1 Å². The smallest absolute Gasteiger partial charge is 0.337 e. The van der Waals surface area contributed by atoms with Crippen LogP contribution in [0.4, 0.5) is 0 Å². The number of carbonyl (C=O) groups excluding carboxylic acids is 2. The quantitative estimate of drug-likeness (QED) is 0.0663. The van der Waals surface area contributed by atoms with Gasteiger partial charge in [0.2, 0.25) is 0 Å². The minimum Gasteiger partial charge on any atom is -0.467 e. The van der Waals surface area contributed by atoms with Gasteiger partial charge in [-0.25, -0.2) is 4.79 Å².